The minimum absolute atomic E-state index is 0.132. The van der Waals surface area contributed by atoms with E-state index in [2.05, 4.69) is 6.58 Å². The molecule has 18 heavy (non-hydrogen) atoms. The molecule has 5 heteroatoms. The van der Waals surface area contributed by atoms with Crippen molar-refractivity contribution < 1.29 is 13.5 Å². The zero-order chi connectivity index (χ0) is 13.3. The summed E-state index contributed by atoms with van der Waals surface area (Å²) in [6.07, 6.45) is 0.942. The molecule has 1 aliphatic rings. The molecule has 0 bridgehead atoms. The highest BCUT2D eigenvalue weighted by atomic mass is 32.2. The summed E-state index contributed by atoms with van der Waals surface area (Å²) in [5, 5.41) is 9.74. The lowest BCUT2D eigenvalue weighted by molar-refractivity contribution is 0.164. The van der Waals surface area contributed by atoms with Gasteiger partial charge < -0.3 is 5.11 Å². The number of β-amino-alcohol motifs (C(OH)–C–C–N with tert-alkyl or cyclic N) is 1. The van der Waals surface area contributed by atoms with Crippen molar-refractivity contribution in [3.05, 3.63) is 42.5 Å². The molecule has 2 rings (SSSR count). The fourth-order valence-corrected chi connectivity index (χ4v) is 3.56. The van der Waals surface area contributed by atoms with Gasteiger partial charge in [-0.05, 0) is 19.1 Å². The molecule has 1 aliphatic heterocycles. The summed E-state index contributed by atoms with van der Waals surface area (Å²) >= 11 is 0. The minimum Gasteiger partial charge on any atom is -0.391 e. The first-order valence-electron chi connectivity index (χ1n) is 5.82. The lowest BCUT2D eigenvalue weighted by atomic mass is 10.1. The molecule has 0 aromatic heterocycles. The Morgan fingerprint density at radius 1 is 1.33 bits per heavy atom. The average molecular weight is 267 g/mol. The highest BCUT2D eigenvalue weighted by molar-refractivity contribution is 7.89. The number of nitrogens with zero attached hydrogens (tertiary/aromatic N) is 1. The molecule has 0 saturated carbocycles. The van der Waals surface area contributed by atoms with Gasteiger partial charge in [0.25, 0.3) is 0 Å². The quantitative estimate of drug-likeness (QED) is 0.836. The Bertz CT molecular complexity index is 536. The SMILES string of the molecule is C=C[C@@H]1CN(S(=O)(=O)c2ccc(C)cc2)C[C@H]1O. The van der Waals surface area contributed by atoms with Crippen molar-refractivity contribution in [2.24, 2.45) is 5.92 Å². The molecule has 0 spiro atoms. The number of hydrogen-bond acceptors (Lipinski definition) is 3. The molecule has 0 aliphatic carbocycles. The second-order valence-corrected chi connectivity index (χ2v) is 6.54. The van der Waals surface area contributed by atoms with E-state index in [1.807, 2.05) is 6.92 Å². The van der Waals surface area contributed by atoms with E-state index >= 15 is 0 Å². The first-order chi connectivity index (χ1) is 8.45. The standard InChI is InChI=1S/C13H17NO3S/c1-3-11-8-14(9-13(11)15)18(16,17)12-6-4-10(2)5-7-12/h3-7,11,13,15H,1,8-9H2,2H3/t11-,13-/m1/s1. The fraction of sp³-hybridized carbons (Fsp3) is 0.385. The summed E-state index contributed by atoms with van der Waals surface area (Å²) in [5.41, 5.74) is 1.01. The first kappa shape index (κ1) is 13.3. The van der Waals surface area contributed by atoms with Crippen LogP contribution in [0.15, 0.2) is 41.8 Å². The van der Waals surface area contributed by atoms with Crippen LogP contribution in [-0.4, -0.2) is 37.0 Å². The Morgan fingerprint density at radius 2 is 1.94 bits per heavy atom. The Balaban J connectivity index is 2.27. The minimum atomic E-state index is -3.51. The predicted octanol–water partition coefficient (Wildman–Crippen LogP) is 1.16. The Hall–Kier alpha value is -1.17. The van der Waals surface area contributed by atoms with Gasteiger partial charge >= 0.3 is 0 Å². The monoisotopic (exact) mass is 267 g/mol. The number of benzene rings is 1. The predicted molar refractivity (Wildman–Crippen MR) is 69.6 cm³/mol. The van der Waals surface area contributed by atoms with Crippen molar-refractivity contribution >= 4 is 10.0 Å². The van der Waals surface area contributed by atoms with Crippen LogP contribution >= 0.6 is 0 Å². The Kier molecular flexibility index (Phi) is 3.56. The smallest absolute Gasteiger partial charge is 0.243 e. The van der Waals surface area contributed by atoms with Crippen LogP contribution < -0.4 is 0 Å². The van der Waals surface area contributed by atoms with Crippen LogP contribution in [0.4, 0.5) is 0 Å². The van der Waals surface area contributed by atoms with Gasteiger partial charge in [-0.2, -0.15) is 4.31 Å². The van der Waals surface area contributed by atoms with E-state index in [9.17, 15) is 13.5 Å². The molecule has 0 radical (unpaired) electrons. The largest absolute Gasteiger partial charge is 0.391 e. The van der Waals surface area contributed by atoms with E-state index in [4.69, 9.17) is 0 Å². The number of aliphatic hydroxyl groups is 1. The molecule has 1 aromatic rings. The van der Waals surface area contributed by atoms with Gasteiger partial charge in [0, 0.05) is 19.0 Å². The number of aryl methyl sites for hydroxylation is 1. The van der Waals surface area contributed by atoms with Gasteiger partial charge in [0.1, 0.15) is 0 Å². The first-order valence-corrected chi connectivity index (χ1v) is 7.26. The topological polar surface area (TPSA) is 57.6 Å². The summed E-state index contributed by atoms with van der Waals surface area (Å²) < 4.78 is 26.0. The molecular formula is C13H17NO3S. The molecule has 0 unspecified atom stereocenters. The van der Waals surface area contributed by atoms with Crippen molar-refractivity contribution in [3.63, 3.8) is 0 Å². The van der Waals surface area contributed by atoms with E-state index in [0.717, 1.165) is 5.56 Å². The summed E-state index contributed by atoms with van der Waals surface area (Å²) in [6.45, 7) is 5.94. The molecule has 1 N–H and O–H groups in total. The summed E-state index contributed by atoms with van der Waals surface area (Å²) in [4.78, 5) is 0.269. The van der Waals surface area contributed by atoms with Crippen LogP contribution in [0.3, 0.4) is 0 Å². The lowest BCUT2D eigenvalue weighted by Gasteiger charge is -2.15. The van der Waals surface area contributed by atoms with E-state index in [1.165, 1.54) is 4.31 Å². The Labute approximate surface area is 108 Å². The molecule has 1 heterocycles. The maximum Gasteiger partial charge on any atom is 0.243 e. The van der Waals surface area contributed by atoms with Crippen LogP contribution in [0.2, 0.25) is 0 Å². The summed E-state index contributed by atoms with van der Waals surface area (Å²) in [7, 11) is -3.51. The second-order valence-electron chi connectivity index (χ2n) is 4.60. The van der Waals surface area contributed by atoms with Crippen molar-refractivity contribution in [1.82, 2.24) is 4.31 Å². The maximum absolute atomic E-state index is 12.3. The number of rotatable bonds is 3. The second kappa shape index (κ2) is 4.84. The van der Waals surface area contributed by atoms with Crippen LogP contribution in [0.25, 0.3) is 0 Å². The molecule has 0 amide bonds. The summed E-state index contributed by atoms with van der Waals surface area (Å²) in [6, 6.07) is 6.73. The fourth-order valence-electron chi connectivity index (χ4n) is 2.06. The van der Waals surface area contributed by atoms with Crippen molar-refractivity contribution in [2.75, 3.05) is 13.1 Å². The van der Waals surface area contributed by atoms with Crippen LogP contribution in [-0.2, 0) is 10.0 Å². The molecule has 1 aromatic carbocycles. The van der Waals surface area contributed by atoms with Crippen molar-refractivity contribution in [3.8, 4) is 0 Å². The number of aliphatic hydroxyl groups excluding tert-OH is 1. The lowest BCUT2D eigenvalue weighted by Crippen LogP contribution is -2.29. The number of sulfonamides is 1. The molecular weight excluding hydrogens is 250 g/mol. The van der Waals surface area contributed by atoms with Crippen LogP contribution in [0.5, 0.6) is 0 Å². The van der Waals surface area contributed by atoms with Crippen molar-refractivity contribution in [2.45, 2.75) is 17.9 Å². The van der Waals surface area contributed by atoms with E-state index in [1.54, 1.807) is 30.3 Å². The van der Waals surface area contributed by atoms with Gasteiger partial charge in [-0.25, -0.2) is 8.42 Å². The molecule has 98 valence electrons. The molecule has 4 nitrogen and oxygen atoms in total. The third kappa shape index (κ3) is 2.34. The van der Waals surface area contributed by atoms with Gasteiger partial charge in [-0.15, -0.1) is 6.58 Å². The zero-order valence-corrected chi connectivity index (χ0v) is 11.1. The molecule has 2 atom stereocenters. The molecule has 1 saturated heterocycles. The van der Waals surface area contributed by atoms with E-state index < -0.39 is 16.1 Å². The van der Waals surface area contributed by atoms with Gasteiger partial charge in [0.15, 0.2) is 0 Å². The van der Waals surface area contributed by atoms with Gasteiger partial charge in [0.2, 0.25) is 10.0 Å². The van der Waals surface area contributed by atoms with Crippen molar-refractivity contribution in [1.29, 1.82) is 0 Å². The highest BCUT2D eigenvalue weighted by Crippen LogP contribution is 2.25. The average Bonchev–Trinajstić information content (AvgIpc) is 2.72. The highest BCUT2D eigenvalue weighted by Gasteiger charge is 2.36. The van der Waals surface area contributed by atoms with E-state index in [-0.39, 0.29) is 17.4 Å². The van der Waals surface area contributed by atoms with Crippen LogP contribution in [0, 0.1) is 12.8 Å². The zero-order valence-electron chi connectivity index (χ0n) is 10.3. The maximum atomic E-state index is 12.3. The normalized spacial score (nSPS) is 25.2. The number of hydrogen-bond donors (Lipinski definition) is 1. The Morgan fingerprint density at radius 3 is 2.44 bits per heavy atom. The van der Waals surface area contributed by atoms with Crippen LogP contribution in [0.1, 0.15) is 5.56 Å². The third-order valence-electron chi connectivity index (χ3n) is 3.26. The molecule has 1 fully saturated rings. The van der Waals surface area contributed by atoms with Gasteiger partial charge in [-0.1, -0.05) is 23.8 Å². The van der Waals surface area contributed by atoms with E-state index in [0.29, 0.717) is 6.54 Å². The summed E-state index contributed by atoms with van der Waals surface area (Å²) in [5.74, 6) is -0.190. The van der Waals surface area contributed by atoms with Gasteiger partial charge in [0.05, 0.1) is 11.0 Å². The third-order valence-corrected chi connectivity index (χ3v) is 5.11. The van der Waals surface area contributed by atoms with Gasteiger partial charge in [-0.3, -0.25) is 0 Å².